The van der Waals surface area contributed by atoms with E-state index in [9.17, 15) is 14.8 Å². The van der Waals surface area contributed by atoms with E-state index in [-0.39, 0.29) is 24.7 Å². The number of benzene rings is 1. The van der Waals surface area contributed by atoms with Gasteiger partial charge in [-0.25, -0.2) is 9.59 Å². The number of hydroxylamine groups is 2. The first-order chi connectivity index (χ1) is 18.2. The predicted molar refractivity (Wildman–Crippen MR) is 143 cm³/mol. The van der Waals surface area contributed by atoms with E-state index in [1.54, 1.807) is 31.1 Å². The van der Waals surface area contributed by atoms with Gasteiger partial charge in [0.25, 0.3) is 0 Å². The molecule has 0 radical (unpaired) electrons. The number of carbonyl (C=O) groups is 2. The minimum Gasteiger partial charge on any atom is -0.493 e. The molecule has 1 unspecified atom stereocenters. The molecule has 1 atom stereocenters. The van der Waals surface area contributed by atoms with Gasteiger partial charge in [-0.05, 0) is 57.2 Å². The Balaban J connectivity index is 1.65. The number of nitrogens with one attached hydrogen (secondary N) is 1. The zero-order valence-corrected chi connectivity index (χ0v) is 23.5. The van der Waals surface area contributed by atoms with Crippen molar-refractivity contribution in [1.82, 2.24) is 20.2 Å². The fraction of sp³-hybridized carbons (Fsp3) is 0.714. The third kappa shape index (κ3) is 5.46. The van der Waals surface area contributed by atoms with Gasteiger partial charge in [0.1, 0.15) is 0 Å². The van der Waals surface area contributed by atoms with Crippen LogP contribution in [-0.2, 0) is 6.54 Å². The number of hydrogen-bond acceptors (Lipinski definition) is 6. The van der Waals surface area contributed by atoms with Gasteiger partial charge in [0.15, 0.2) is 17.7 Å². The van der Waals surface area contributed by atoms with Crippen LogP contribution in [0.5, 0.6) is 17.2 Å². The molecule has 1 aromatic rings. The Kier molecular flexibility index (Phi) is 8.80. The Morgan fingerprint density at radius 1 is 0.974 bits per heavy atom. The molecule has 10 nitrogen and oxygen atoms in total. The number of rotatable bonds is 8. The number of hydrogen-bond donors (Lipinski definition) is 2. The molecule has 0 bridgehead atoms. The van der Waals surface area contributed by atoms with Gasteiger partial charge in [-0.3, -0.25) is 10.1 Å². The summed E-state index contributed by atoms with van der Waals surface area (Å²) in [6, 6.07) is 2.93. The van der Waals surface area contributed by atoms with Crippen LogP contribution in [0.1, 0.15) is 83.6 Å². The van der Waals surface area contributed by atoms with E-state index in [2.05, 4.69) is 5.32 Å². The molecule has 2 saturated carbocycles. The molecule has 4 amide bonds. The monoisotopic (exact) mass is 532 g/mol. The van der Waals surface area contributed by atoms with Crippen molar-refractivity contribution in [2.45, 2.75) is 108 Å². The molecule has 1 aliphatic heterocycles. The zero-order chi connectivity index (χ0) is 27.4. The van der Waals surface area contributed by atoms with E-state index in [1.807, 2.05) is 26.0 Å². The Bertz CT molecular complexity index is 965. The van der Waals surface area contributed by atoms with Gasteiger partial charge in [-0.1, -0.05) is 38.5 Å². The van der Waals surface area contributed by atoms with E-state index in [0.29, 0.717) is 17.2 Å². The summed E-state index contributed by atoms with van der Waals surface area (Å²) in [6.07, 6.45) is 9.19. The quantitative estimate of drug-likeness (QED) is 0.356. The van der Waals surface area contributed by atoms with Crippen molar-refractivity contribution in [3.8, 4) is 17.2 Å². The van der Waals surface area contributed by atoms with Crippen molar-refractivity contribution in [3.05, 3.63) is 17.7 Å². The Morgan fingerprint density at radius 2 is 1.53 bits per heavy atom. The lowest BCUT2D eigenvalue weighted by atomic mass is 9.92. The molecule has 1 saturated heterocycles. The van der Waals surface area contributed by atoms with Crippen molar-refractivity contribution in [2.75, 3.05) is 21.3 Å². The summed E-state index contributed by atoms with van der Waals surface area (Å²) in [4.78, 5) is 30.9. The van der Waals surface area contributed by atoms with Gasteiger partial charge >= 0.3 is 12.1 Å². The zero-order valence-electron chi connectivity index (χ0n) is 23.5. The first kappa shape index (κ1) is 28.1. The van der Waals surface area contributed by atoms with Crippen LogP contribution >= 0.6 is 0 Å². The molecule has 1 heterocycles. The summed E-state index contributed by atoms with van der Waals surface area (Å²) >= 11 is 0. The number of amides is 4. The average molecular weight is 533 g/mol. The third-order valence-electron chi connectivity index (χ3n) is 8.45. The standard InChI is InChI=1S/C28H44N4O6/c1-28(2)25(32(35)26(33)29-20-12-8-6-9-13-20)31(21-14-10-7-11-15-21)27(34)30(28)18-19-16-22(36-3)24(38-5)23(17-19)37-4/h16-17,20-21,25,35H,6-15,18H2,1-5H3,(H,29,33). The van der Waals surface area contributed by atoms with E-state index in [0.717, 1.165) is 68.4 Å². The minimum atomic E-state index is -0.881. The normalized spacial score (nSPS) is 22.4. The molecule has 1 aromatic carbocycles. The summed E-state index contributed by atoms with van der Waals surface area (Å²) in [5.74, 6) is 1.48. The predicted octanol–water partition coefficient (Wildman–Crippen LogP) is 5.12. The molecule has 38 heavy (non-hydrogen) atoms. The topological polar surface area (TPSA) is 104 Å². The summed E-state index contributed by atoms with van der Waals surface area (Å²) in [5, 5.41) is 15.1. The van der Waals surface area contributed by atoms with Crippen LogP contribution in [0.4, 0.5) is 9.59 Å². The van der Waals surface area contributed by atoms with E-state index in [4.69, 9.17) is 14.2 Å². The highest BCUT2D eigenvalue weighted by Gasteiger charge is 2.57. The highest BCUT2D eigenvalue weighted by Crippen LogP contribution is 2.42. The van der Waals surface area contributed by atoms with Crippen LogP contribution in [0.2, 0.25) is 0 Å². The lowest BCUT2D eigenvalue weighted by molar-refractivity contribution is -0.141. The van der Waals surface area contributed by atoms with Gasteiger partial charge in [0.2, 0.25) is 5.75 Å². The van der Waals surface area contributed by atoms with Gasteiger partial charge in [0.05, 0.1) is 26.9 Å². The van der Waals surface area contributed by atoms with Crippen molar-refractivity contribution < 1.29 is 29.0 Å². The van der Waals surface area contributed by atoms with Crippen LogP contribution in [0.15, 0.2) is 12.1 Å². The molecule has 0 spiro atoms. The molecule has 3 aliphatic rings. The van der Waals surface area contributed by atoms with E-state index in [1.165, 1.54) is 6.42 Å². The number of nitrogens with zero attached hydrogens (tertiary/aromatic N) is 3. The third-order valence-corrected chi connectivity index (χ3v) is 8.45. The summed E-state index contributed by atoms with van der Waals surface area (Å²) in [7, 11) is 4.66. The molecule has 2 aliphatic carbocycles. The minimum absolute atomic E-state index is 0.0393. The SMILES string of the molecule is COc1cc(CN2C(=O)N(C3CCCCC3)C(N(O)C(=O)NC3CCCCC3)C2(C)C)cc(OC)c1OC. The molecule has 0 aromatic heterocycles. The van der Waals surface area contributed by atoms with Crippen molar-refractivity contribution in [3.63, 3.8) is 0 Å². The molecule has 2 N–H and O–H groups in total. The van der Waals surface area contributed by atoms with Gasteiger partial charge in [-0.15, -0.1) is 0 Å². The maximum atomic E-state index is 14.1. The number of methoxy groups -OCH3 is 3. The number of carbonyl (C=O) groups excluding carboxylic acids is 2. The van der Waals surface area contributed by atoms with E-state index < -0.39 is 17.7 Å². The maximum Gasteiger partial charge on any atom is 0.343 e. The summed E-state index contributed by atoms with van der Waals surface area (Å²) in [6.45, 7) is 4.07. The second-order valence-electron chi connectivity index (χ2n) is 11.3. The number of ether oxygens (including phenoxy) is 3. The molecule has 3 fully saturated rings. The molecular formula is C28H44N4O6. The number of urea groups is 2. The smallest absolute Gasteiger partial charge is 0.343 e. The lowest BCUT2D eigenvalue weighted by Crippen LogP contribution is -2.61. The molecule has 212 valence electrons. The van der Waals surface area contributed by atoms with Crippen LogP contribution in [0.25, 0.3) is 0 Å². The van der Waals surface area contributed by atoms with Crippen LogP contribution in [0, 0.1) is 0 Å². The molecule has 10 heteroatoms. The molecule has 4 rings (SSSR count). The maximum absolute atomic E-state index is 14.1. The molecular weight excluding hydrogens is 488 g/mol. The Hall–Kier alpha value is -2.88. The summed E-state index contributed by atoms with van der Waals surface area (Å²) < 4.78 is 16.5. The van der Waals surface area contributed by atoms with Gasteiger partial charge < -0.3 is 24.4 Å². The van der Waals surface area contributed by atoms with Gasteiger partial charge in [-0.2, -0.15) is 5.06 Å². The van der Waals surface area contributed by atoms with Crippen LogP contribution < -0.4 is 19.5 Å². The highest BCUT2D eigenvalue weighted by atomic mass is 16.5. The second-order valence-corrected chi connectivity index (χ2v) is 11.3. The van der Waals surface area contributed by atoms with Crippen molar-refractivity contribution in [2.24, 2.45) is 0 Å². The fourth-order valence-corrected chi connectivity index (χ4v) is 6.38. The van der Waals surface area contributed by atoms with Crippen molar-refractivity contribution in [1.29, 1.82) is 0 Å². The van der Waals surface area contributed by atoms with Gasteiger partial charge in [0, 0.05) is 18.6 Å². The Morgan fingerprint density at radius 3 is 2.05 bits per heavy atom. The van der Waals surface area contributed by atoms with Crippen molar-refractivity contribution >= 4 is 12.1 Å². The largest absolute Gasteiger partial charge is 0.493 e. The Labute approximate surface area is 226 Å². The highest BCUT2D eigenvalue weighted by molar-refractivity contribution is 5.81. The van der Waals surface area contributed by atoms with Crippen LogP contribution in [-0.4, -0.2) is 77.3 Å². The summed E-state index contributed by atoms with van der Waals surface area (Å²) in [5.41, 5.74) is -0.0885. The van der Waals surface area contributed by atoms with Crippen LogP contribution in [0.3, 0.4) is 0 Å². The van der Waals surface area contributed by atoms with E-state index >= 15 is 0 Å². The average Bonchev–Trinajstić information content (AvgIpc) is 3.13. The fourth-order valence-electron chi connectivity index (χ4n) is 6.38. The first-order valence-corrected chi connectivity index (χ1v) is 13.9. The lowest BCUT2D eigenvalue weighted by Gasteiger charge is -2.42. The second kappa shape index (κ2) is 11.9. The first-order valence-electron chi connectivity index (χ1n) is 13.9.